The third-order valence-electron chi connectivity index (χ3n) is 5.73. The highest BCUT2D eigenvalue weighted by Crippen LogP contribution is 2.33. The van der Waals surface area contributed by atoms with Gasteiger partial charge in [0.05, 0.1) is 13.0 Å². The van der Waals surface area contributed by atoms with Gasteiger partial charge in [0.25, 0.3) is 0 Å². The summed E-state index contributed by atoms with van der Waals surface area (Å²) in [6.07, 6.45) is 2.17. The van der Waals surface area contributed by atoms with E-state index in [0.717, 1.165) is 35.4 Å². The summed E-state index contributed by atoms with van der Waals surface area (Å²) in [6, 6.07) is 14.1. The summed E-state index contributed by atoms with van der Waals surface area (Å²) in [6.45, 7) is 3.82. The van der Waals surface area contributed by atoms with Crippen LogP contribution in [0.15, 0.2) is 42.5 Å². The molecule has 5 nitrogen and oxygen atoms in total. The van der Waals surface area contributed by atoms with Gasteiger partial charge >= 0.3 is 0 Å². The number of methoxy groups -OCH3 is 1. The molecule has 1 atom stereocenters. The van der Waals surface area contributed by atoms with Crippen molar-refractivity contribution in [2.45, 2.75) is 32.7 Å². The van der Waals surface area contributed by atoms with E-state index in [2.05, 4.69) is 12.1 Å². The first-order valence-electron chi connectivity index (χ1n) is 9.87. The van der Waals surface area contributed by atoms with Crippen LogP contribution in [0.2, 0.25) is 0 Å². The number of rotatable bonds is 4. The second-order valence-electron chi connectivity index (χ2n) is 7.75. The van der Waals surface area contributed by atoms with Crippen molar-refractivity contribution in [1.29, 1.82) is 0 Å². The van der Waals surface area contributed by atoms with Gasteiger partial charge in [0.2, 0.25) is 11.8 Å². The fraction of sp³-hybridized carbons (Fsp3) is 0.391. The molecule has 0 saturated carbocycles. The van der Waals surface area contributed by atoms with E-state index in [-0.39, 0.29) is 17.7 Å². The lowest BCUT2D eigenvalue weighted by molar-refractivity contribution is -0.128. The lowest BCUT2D eigenvalue weighted by Gasteiger charge is -2.31. The molecule has 2 aromatic carbocycles. The average molecular weight is 378 g/mol. The van der Waals surface area contributed by atoms with Crippen molar-refractivity contribution in [2.24, 2.45) is 5.92 Å². The van der Waals surface area contributed by atoms with Crippen molar-refractivity contribution in [1.82, 2.24) is 4.90 Å². The first-order chi connectivity index (χ1) is 13.5. The highest BCUT2D eigenvalue weighted by molar-refractivity contribution is 5.99. The maximum Gasteiger partial charge on any atom is 0.232 e. The molecule has 0 spiro atoms. The molecule has 146 valence electrons. The molecular formula is C23H26N2O3. The molecule has 2 aromatic rings. The number of ether oxygens (including phenoxy) is 1. The van der Waals surface area contributed by atoms with Crippen molar-refractivity contribution < 1.29 is 14.3 Å². The van der Waals surface area contributed by atoms with Gasteiger partial charge in [-0.1, -0.05) is 29.8 Å². The second-order valence-corrected chi connectivity index (χ2v) is 7.75. The van der Waals surface area contributed by atoms with E-state index in [0.29, 0.717) is 26.1 Å². The number of hydrogen-bond acceptors (Lipinski definition) is 3. The molecule has 4 rings (SSSR count). The van der Waals surface area contributed by atoms with Gasteiger partial charge in [-0.2, -0.15) is 0 Å². The van der Waals surface area contributed by atoms with Gasteiger partial charge in [0.1, 0.15) is 5.75 Å². The largest absolute Gasteiger partial charge is 0.497 e. The third-order valence-corrected chi connectivity index (χ3v) is 5.73. The maximum absolute atomic E-state index is 13.2. The van der Waals surface area contributed by atoms with Gasteiger partial charge in [0.15, 0.2) is 0 Å². The summed E-state index contributed by atoms with van der Waals surface area (Å²) in [7, 11) is 1.65. The molecule has 0 bridgehead atoms. The fourth-order valence-electron chi connectivity index (χ4n) is 4.15. The fourth-order valence-corrected chi connectivity index (χ4v) is 4.15. The minimum Gasteiger partial charge on any atom is -0.497 e. The number of aryl methyl sites for hydroxylation is 2. The van der Waals surface area contributed by atoms with E-state index >= 15 is 0 Å². The highest BCUT2D eigenvalue weighted by Gasteiger charge is 2.37. The summed E-state index contributed by atoms with van der Waals surface area (Å²) in [4.78, 5) is 29.4. The van der Waals surface area contributed by atoms with Crippen LogP contribution in [0.4, 0.5) is 5.69 Å². The second kappa shape index (κ2) is 7.66. The Balaban J connectivity index is 1.47. The Labute approximate surface area is 165 Å². The van der Waals surface area contributed by atoms with Crippen molar-refractivity contribution in [3.05, 3.63) is 59.2 Å². The smallest absolute Gasteiger partial charge is 0.232 e. The number of fused-ring (bicyclic) bond motifs is 1. The number of carbonyl (C=O) groups is 2. The van der Waals surface area contributed by atoms with E-state index in [1.165, 1.54) is 5.56 Å². The number of nitrogens with zero attached hydrogens (tertiary/aromatic N) is 2. The van der Waals surface area contributed by atoms with Crippen molar-refractivity contribution in [3.63, 3.8) is 0 Å². The molecule has 0 unspecified atom stereocenters. The summed E-state index contributed by atoms with van der Waals surface area (Å²) in [5, 5.41) is 0. The predicted molar refractivity (Wildman–Crippen MR) is 108 cm³/mol. The standard InChI is InChI=1S/C23H26N2O3/c1-16-5-7-17(8-6-16)14-24-15-19(13-22(24)26)23(27)25-11-3-4-18-12-20(28-2)9-10-21(18)25/h5-10,12,19H,3-4,11,13-15H2,1-2H3/t19-/m1/s1. The quantitative estimate of drug-likeness (QED) is 0.820. The first kappa shape index (κ1) is 18.5. The molecule has 0 aromatic heterocycles. The van der Waals surface area contributed by atoms with Crippen molar-refractivity contribution >= 4 is 17.5 Å². The zero-order valence-corrected chi connectivity index (χ0v) is 16.5. The van der Waals surface area contributed by atoms with E-state index in [1.54, 1.807) is 7.11 Å². The number of likely N-dealkylation sites (tertiary alicyclic amines) is 1. The Morgan fingerprint density at radius 2 is 1.96 bits per heavy atom. The Bertz CT molecular complexity index is 891. The molecule has 2 aliphatic heterocycles. The number of hydrogen-bond donors (Lipinski definition) is 0. The molecular weight excluding hydrogens is 352 g/mol. The highest BCUT2D eigenvalue weighted by atomic mass is 16.5. The van der Waals surface area contributed by atoms with Crippen LogP contribution in [-0.4, -0.2) is 36.9 Å². The van der Waals surface area contributed by atoms with E-state index in [9.17, 15) is 9.59 Å². The molecule has 2 heterocycles. The van der Waals surface area contributed by atoms with E-state index < -0.39 is 0 Å². The summed E-state index contributed by atoms with van der Waals surface area (Å²) >= 11 is 0. The molecule has 2 amide bonds. The molecule has 5 heteroatoms. The predicted octanol–water partition coefficient (Wildman–Crippen LogP) is 3.33. The molecule has 1 fully saturated rings. The Kier molecular flexibility index (Phi) is 5.07. The van der Waals surface area contributed by atoms with Crippen LogP contribution in [0.3, 0.4) is 0 Å². The van der Waals surface area contributed by atoms with Crippen molar-refractivity contribution in [3.8, 4) is 5.75 Å². The third kappa shape index (κ3) is 3.61. The molecule has 1 saturated heterocycles. The van der Waals surface area contributed by atoms with Crippen LogP contribution in [0, 0.1) is 12.8 Å². The average Bonchev–Trinajstić information content (AvgIpc) is 3.08. The van der Waals surface area contributed by atoms with Crippen LogP contribution in [0.25, 0.3) is 0 Å². The van der Waals surface area contributed by atoms with Crippen molar-refractivity contribution in [2.75, 3.05) is 25.1 Å². The van der Waals surface area contributed by atoms with Gasteiger partial charge in [0, 0.05) is 31.7 Å². The summed E-state index contributed by atoms with van der Waals surface area (Å²) in [5.74, 6) is 0.663. The zero-order valence-electron chi connectivity index (χ0n) is 16.5. The normalized spacial score (nSPS) is 18.9. The lowest BCUT2D eigenvalue weighted by Crippen LogP contribution is -2.40. The van der Waals surface area contributed by atoms with Crippen LogP contribution >= 0.6 is 0 Å². The number of carbonyl (C=O) groups excluding carboxylic acids is 2. The van der Waals surface area contributed by atoms with Crippen LogP contribution in [0.1, 0.15) is 29.5 Å². The lowest BCUT2D eigenvalue weighted by atomic mass is 9.98. The number of amides is 2. The van der Waals surface area contributed by atoms with Gasteiger partial charge in [-0.25, -0.2) is 0 Å². The molecule has 0 aliphatic carbocycles. The number of anilines is 1. The van der Waals surface area contributed by atoms with Gasteiger partial charge < -0.3 is 14.5 Å². The molecule has 2 aliphatic rings. The van der Waals surface area contributed by atoms with E-state index in [1.807, 2.05) is 47.1 Å². The van der Waals surface area contributed by atoms with Gasteiger partial charge in [-0.15, -0.1) is 0 Å². The SMILES string of the molecule is COc1ccc2c(c1)CCCN2C(=O)[C@@H]1CC(=O)N(Cc2ccc(C)cc2)C1. The summed E-state index contributed by atoms with van der Waals surface area (Å²) in [5.41, 5.74) is 4.40. The molecule has 0 N–H and O–H groups in total. The Hall–Kier alpha value is -2.82. The first-order valence-corrected chi connectivity index (χ1v) is 9.87. The molecule has 0 radical (unpaired) electrons. The Morgan fingerprint density at radius 1 is 1.18 bits per heavy atom. The molecule has 28 heavy (non-hydrogen) atoms. The number of benzene rings is 2. The van der Waals surface area contributed by atoms with Crippen LogP contribution in [-0.2, 0) is 22.6 Å². The summed E-state index contributed by atoms with van der Waals surface area (Å²) < 4.78 is 5.31. The maximum atomic E-state index is 13.2. The minimum atomic E-state index is -0.272. The van der Waals surface area contributed by atoms with Crippen LogP contribution in [0.5, 0.6) is 5.75 Å². The van der Waals surface area contributed by atoms with E-state index in [4.69, 9.17) is 4.74 Å². The van der Waals surface area contributed by atoms with Crippen LogP contribution < -0.4 is 9.64 Å². The van der Waals surface area contributed by atoms with Gasteiger partial charge in [-0.05, 0) is 49.1 Å². The Morgan fingerprint density at radius 3 is 2.71 bits per heavy atom. The monoisotopic (exact) mass is 378 g/mol. The zero-order chi connectivity index (χ0) is 19.7. The minimum absolute atomic E-state index is 0.0610. The topological polar surface area (TPSA) is 49.9 Å². The van der Waals surface area contributed by atoms with Gasteiger partial charge in [-0.3, -0.25) is 9.59 Å².